The van der Waals surface area contributed by atoms with Crippen LogP contribution in [0.25, 0.3) is 0 Å². The summed E-state index contributed by atoms with van der Waals surface area (Å²) in [6.45, 7) is 2.67. The van der Waals surface area contributed by atoms with Gasteiger partial charge >= 0.3 is 0 Å². The predicted octanol–water partition coefficient (Wildman–Crippen LogP) is 3.93. The van der Waals surface area contributed by atoms with Gasteiger partial charge < -0.3 is 29.6 Å². The summed E-state index contributed by atoms with van der Waals surface area (Å²) in [5.74, 6) is 3.81. The topological polar surface area (TPSA) is 73.3 Å². The first-order chi connectivity index (χ1) is 13.8. The number of benzene rings is 2. The molecule has 8 heteroatoms. The maximum absolute atomic E-state index is 5.75. The number of anilines is 1. The molecule has 3 rings (SSSR count). The Bertz CT molecular complexity index is 801. The van der Waals surface area contributed by atoms with Gasteiger partial charge in [-0.3, -0.25) is 4.99 Å². The molecule has 0 atom stereocenters. The molecule has 0 fully saturated rings. The van der Waals surface area contributed by atoms with Crippen molar-refractivity contribution in [3.05, 3.63) is 42.5 Å². The lowest BCUT2D eigenvalue weighted by atomic mass is 10.3. The summed E-state index contributed by atoms with van der Waals surface area (Å²) in [7, 11) is 3.38. The molecule has 0 aromatic heterocycles. The number of methoxy groups -OCH3 is 1. The summed E-state index contributed by atoms with van der Waals surface area (Å²) >= 11 is 0. The lowest BCUT2D eigenvalue weighted by Gasteiger charge is -2.14. The summed E-state index contributed by atoms with van der Waals surface area (Å²) in [6, 6.07) is 13.4. The molecule has 2 N–H and O–H groups in total. The predicted molar refractivity (Wildman–Crippen MR) is 126 cm³/mol. The van der Waals surface area contributed by atoms with Crippen molar-refractivity contribution in [3.63, 3.8) is 0 Å². The maximum Gasteiger partial charge on any atom is 0.195 e. The van der Waals surface area contributed by atoms with E-state index in [2.05, 4.69) is 15.6 Å². The number of halogens is 1. The second-order valence-electron chi connectivity index (χ2n) is 6.22. The van der Waals surface area contributed by atoms with E-state index in [9.17, 15) is 0 Å². The number of ether oxygens (including phenoxy) is 4. The minimum absolute atomic E-state index is 0. The van der Waals surface area contributed by atoms with E-state index in [0.29, 0.717) is 25.8 Å². The molecular formula is C21H28IN3O4. The molecule has 0 bridgehead atoms. The van der Waals surface area contributed by atoms with E-state index in [0.717, 1.165) is 48.1 Å². The minimum Gasteiger partial charge on any atom is -0.497 e. The van der Waals surface area contributed by atoms with Gasteiger partial charge in [-0.2, -0.15) is 0 Å². The molecule has 0 unspecified atom stereocenters. The van der Waals surface area contributed by atoms with Gasteiger partial charge in [0, 0.05) is 37.8 Å². The minimum atomic E-state index is 0. The molecule has 1 heterocycles. The number of rotatable bonds is 7. The lowest BCUT2D eigenvalue weighted by Crippen LogP contribution is -2.32. The van der Waals surface area contributed by atoms with Crippen LogP contribution in [0.1, 0.15) is 12.8 Å². The maximum atomic E-state index is 5.75. The summed E-state index contributed by atoms with van der Waals surface area (Å²) in [6.07, 6.45) is 1.72. The van der Waals surface area contributed by atoms with E-state index in [-0.39, 0.29) is 24.0 Å². The fourth-order valence-corrected chi connectivity index (χ4v) is 2.72. The molecule has 0 saturated carbocycles. The normalized spacial score (nSPS) is 13.0. The van der Waals surface area contributed by atoms with Crippen LogP contribution in [0.5, 0.6) is 23.0 Å². The van der Waals surface area contributed by atoms with E-state index >= 15 is 0 Å². The molecule has 29 heavy (non-hydrogen) atoms. The van der Waals surface area contributed by atoms with E-state index in [4.69, 9.17) is 18.9 Å². The summed E-state index contributed by atoms with van der Waals surface area (Å²) in [5.41, 5.74) is 0.894. The Morgan fingerprint density at radius 3 is 2.66 bits per heavy atom. The third-order valence-corrected chi connectivity index (χ3v) is 4.16. The molecule has 2 aromatic carbocycles. The zero-order valence-corrected chi connectivity index (χ0v) is 19.1. The molecule has 0 aliphatic carbocycles. The van der Waals surface area contributed by atoms with Crippen molar-refractivity contribution in [1.29, 1.82) is 0 Å². The largest absolute Gasteiger partial charge is 0.497 e. The first-order valence-corrected chi connectivity index (χ1v) is 9.42. The highest BCUT2D eigenvalue weighted by Gasteiger charge is 2.11. The Hall–Kier alpha value is -2.36. The van der Waals surface area contributed by atoms with Gasteiger partial charge in [0.15, 0.2) is 17.5 Å². The van der Waals surface area contributed by atoms with E-state index in [1.54, 1.807) is 14.2 Å². The van der Waals surface area contributed by atoms with Crippen LogP contribution in [-0.2, 0) is 0 Å². The van der Waals surface area contributed by atoms with Gasteiger partial charge in [0.2, 0.25) is 0 Å². The zero-order valence-electron chi connectivity index (χ0n) is 16.8. The number of nitrogens with zero attached hydrogens (tertiary/aromatic N) is 1. The van der Waals surface area contributed by atoms with Crippen LogP contribution >= 0.6 is 24.0 Å². The van der Waals surface area contributed by atoms with E-state index < -0.39 is 0 Å². The van der Waals surface area contributed by atoms with Gasteiger partial charge in [0.05, 0.1) is 26.9 Å². The fourth-order valence-electron chi connectivity index (χ4n) is 2.72. The molecule has 1 aliphatic heterocycles. The van der Waals surface area contributed by atoms with Crippen molar-refractivity contribution in [2.45, 2.75) is 12.8 Å². The van der Waals surface area contributed by atoms with Crippen LogP contribution in [0.4, 0.5) is 5.69 Å². The summed E-state index contributed by atoms with van der Waals surface area (Å²) in [5, 5.41) is 6.55. The highest BCUT2D eigenvalue weighted by molar-refractivity contribution is 14.0. The van der Waals surface area contributed by atoms with Gasteiger partial charge in [0.25, 0.3) is 0 Å². The number of fused-ring (bicyclic) bond motifs is 1. The first kappa shape index (κ1) is 22.9. The van der Waals surface area contributed by atoms with Crippen molar-refractivity contribution >= 4 is 35.6 Å². The molecule has 0 spiro atoms. The number of aliphatic imine (C=N–C) groups is 1. The highest BCUT2D eigenvalue weighted by Crippen LogP contribution is 2.32. The number of hydrogen-bond donors (Lipinski definition) is 2. The smallest absolute Gasteiger partial charge is 0.195 e. The van der Waals surface area contributed by atoms with E-state index in [1.807, 2.05) is 42.5 Å². The number of guanidine groups is 1. The van der Waals surface area contributed by atoms with Crippen LogP contribution in [0, 0.1) is 0 Å². The average Bonchev–Trinajstić information content (AvgIpc) is 2.97. The Labute approximate surface area is 188 Å². The molecule has 0 amide bonds. The van der Waals surface area contributed by atoms with Crippen LogP contribution in [0.3, 0.4) is 0 Å². The molecule has 0 radical (unpaired) electrons. The van der Waals surface area contributed by atoms with Crippen LogP contribution in [-0.4, -0.2) is 46.5 Å². The van der Waals surface area contributed by atoms with Crippen molar-refractivity contribution in [3.8, 4) is 23.0 Å². The summed E-state index contributed by atoms with van der Waals surface area (Å²) < 4.78 is 22.3. The molecule has 2 aromatic rings. The Balaban J connectivity index is 0.00000300. The van der Waals surface area contributed by atoms with Gasteiger partial charge in [-0.15, -0.1) is 24.0 Å². The standard InChI is InChI=1S/C21H27N3O4.HI/c1-22-21(23-10-4-11-26-18-7-3-6-17(15-18)25-2)24-16-8-9-19-20(14-16)28-13-5-12-27-19;/h3,6-9,14-15H,4-5,10-13H2,1-2H3,(H2,22,23,24);1H. The summed E-state index contributed by atoms with van der Waals surface area (Å²) in [4.78, 5) is 4.26. The van der Waals surface area contributed by atoms with Gasteiger partial charge in [-0.05, 0) is 30.7 Å². The molecule has 7 nitrogen and oxygen atoms in total. The van der Waals surface area contributed by atoms with Gasteiger partial charge in [-0.1, -0.05) is 6.07 Å². The van der Waals surface area contributed by atoms with Gasteiger partial charge in [0.1, 0.15) is 11.5 Å². The van der Waals surface area contributed by atoms with Crippen molar-refractivity contribution in [2.75, 3.05) is 45.8 Å². The molecule has 158 valence electrons. The molecule has 1 aliphatic rings. The second-order valence-corrected chi connectivity index (χ2v) is 6.22. The average molecular weight is 513 g/mol. The Kier molecular flexibility index (Phi) is 9.69. The third kappa shape index (κ3) is 7.19. The number of hydrogen-bond acceptors (Lipinski definition) is 5. The lowest BCUT2D eigenvalue weighted by molar-refractivity contribution is 0.297. The van der Waals surface area contributed by atoms with E-state index in [1.165, 1.54) is 0 Å². The van der Waals surface area contributed by atoms with Crippen LogP contribution < -0.4 is 29.6 Å². The SMILES string of the molecule is CN=C(NCCCOc1cccc(OC)c1)Nc1ccc2c(c1)OCCCO2.I. The third-order valence-electron chi connectivity index (χ3n) is 4.16. The van der Waals surface area contributed by atoms with Crippen LogP contribution in [0.2, 0.25) is 0 Å². The molecular weight excluding hydrogens is 485 g/mol. The highest BCUT2D eigenvalue weighted by atomic mass is 127. The van der Waals surface area contributed by atoms with Gasteiger partial charge in [-0.25, -0.2) is 0 Å². The van der Waals surface area contributed by atoms with Crippen molar-refractivity contribution < 1.29 is 18.9 Å². The molecule has 0 saturated heterocycles. The number of nitrogens with one attached hydrogen (secondary N) is 2. The van der Waals surface area contributed by atoms with Crippen molar-refractivity contribution in [2.24, 2.45) is 4.99 Å². The van der Waals surface area contributed by atoms with Crippen LogP contribution in [0.15, 0.2) is 47.5 Å². The first-order valence-electron chi connectivity index (χ1n) is 9.42. The fraction of sp³-hybridized carbons (Fsp3) is 0.381. The zero-order chi connectivity index (χ0) is 19.6. The second kappa shape index (κ2) is 12.3. The monoisotopic (exact) mass is 513 g/mol. The Morgan fingerprint density at radius 2 is 1.86 bits per heavy atom. The quantitative estimate of drug-likeness (QED) is 0.253. The van der Waals surface area contributed by atoms with Crippen molar-refractivity contribution in [1.82, 2.24) is 5.32 Å². The Morgan fingerprint density at radius 1 is 1.07 bits per heavy atom.